The fourth-order valence-corrected chi connectivity index (χ4v) is 2.29. The van der Waals surface area contributed by atoms with Crippen molar-refractivity contribution in [2.75, 3.05) is 0 Å². The summed E-state index contributed by atoms with van der Waals surface area (Å²) in [5.41, 5.74) is -0.829. The van der Waals surface area contributed by atoms with Crippen molar-refractivity contribution in [2.24, 2.45) is 5.41 Å². The first-order chi connectivity index (χ1) is 6.99. The predicted octanol–water partition coefficient (Wildman–Crippen LogP) is 2.07. The zero-order valence-electron chi connectivity index (χ0n) is 9.47. The van der Waals surface area contributed by atoms with E-state index in [4.69, 9.17) is 0 Å². The minimum Gasteiger partial charge on any atom is -0.300 e. The predicted molar refractivity (Wildman–Crippen MR) is 56.5 cm³/mol. The summed E-state index contributed by atoms with van der Waals surface area (Å²) in [5, 5.41) is 0. The molecule has 0 spiro atoms. The third-order valence-electron chi connectivity index (χ3n) is 3.37. The SMILES string of the molecule is CC(=O)CCC1(C(C)=O)CCCCC1=O. The highest BCUT2D eigenvalue weighted by Crippen LogP contribution is 2.38. The summed E-state index contributed by atoms with van der Waals surface area (Å²) in [6, 6.07) is 0. The highest BCUT2D eigenvalue weighted by Gasteiger charge is 2.43. The largest absolute Gasteiger partial charge is 0.300 e. The molecule has 0 amide bonds. The van der Waals surface area contributed by atoms with E-state index in [-0.39, 0.29) is 17.3 Å². The van der Waals surface area contributed by atoms with E-state index >= 15 is 0 Å². The van der Waals surface area contributed by atoms with Gasteiger partial charge in [0, 0.05) is 12.8 Å². The number of ketones is 3. The van der Waals surface area contributed by atoms with Gasteiger partial charge in [-0.05, 0) is 33.1 Å². The summed E-state index contributed by atoms with van der Waals surface area (Å²) in [5.74, 6) is 0.0324. The third kappa shape index (κ3) is 2.52. The summed E-state index contributed by atoms with van der Waals surface area (Å²) in [6.07, 6.45) is 3.69. The van der Waals surface area contributed by atoms with E-state index in [1.54, 1.807) is 0 Å². The molecule has 15 heavy (non-hydrogen) atoms. The Kier molecular flexibility index (Phi) is 3.77. The zero-order valence-corrected chi connectivity index (χ0v) is 9.47. The summed E-state index contributed by atoms with van der Waals surface area (Å²) < 4.78 is 0. The van der Waals surface area contributed by atoms with Crippen LogP contribution in [0.15, 0.2) is 0 Å². The molecule has 0 aromatic carbocycles. The van der Waals surface area contributed by atoms with Crippen LogP contribution >= 0.6 is 0 Å². The molecule has 1 fully saturated rings. The molecule has 0 saturated heterocycles. The van der Waals surface area contributed by atoms with E-state index in [1.807, 2.05) is 0 Å². The molecule has 0 radical (unpaired) electrons. The molecule has 0 N–H and O–H groups in total. The van der Waals surface area contributed by atoms with E-state index < -0.39 is 5.41 Å². The minimum atomic E-state index is -0.829. The van der Waals surface area contributed by atoms with Crippen molar-refractivity contribution in [1.82, 2.24) is 0 Å². The van der Waals surface area contributed by atoms with E-state index in [0.29, 0.717) is 25.7 Å². The Bertz CT molecular complexity index is 293. The average Bonchev–Trinajstić information content (AvgIpc) is 2.16. The lowest BCUT2D eigenvalue weighted by atomic mass is 9.67. The summed E-state index contributed by atoms with van der Waals surface area (Å²) in [6.45, 7) is 2.98. The second-order valence-electron chi connectivity index (χ2n) is 4.47. The second-order valence-corrected chi connectivity index (χ2v) is 4.47. The number of rotatable bonds is 4. The zero-order chi connectivity index (χ0) is 11.5. The van der Waals surface area contributed by atoms with Crippen molar-refractivity contribution in [2.45, 2.75) is 52.4 Å². The number of carbonyl (C=O) groups is 3. The fraction of sp³-hybridized carbons (Fsp3) is 0.750. The molecule has 1 aliphatic rings. The molecule has 0 aromatic heterocycles. The second kappa shape index (κ2) is 4.69. The van der Waals surface area contributed by atoms with Crippen molar-refractivity contribution in [1.29, 1.82) is 0 Å². The van der Waals surface area contributed by atoms with Crippen LogP contribution in [0.2, 0.25) is 0 Å². The van der Waals surface area contributed by atoms with Crippen molar-refractivity contribution in [3.05, 3.63) is 0 Å². The summed E-state index contributed by atoms with van der Waals surface area (Å²) in [7, 11) is 0. The molecule has 1 unspecified atom stereocenters. The molecule has 1 aliphatic carbocycles. The lowest BCUT2D eigenvalue weighted by Crippen LogP contribution is -2.40. The standard InChI is InChI=1S/C12H18O3/c1-9(13)6-8-12(10(2)14)7-4-3-5-11(12)15/h3-8H2,1-2H3. The maximum Gasteiger partial charge on any atom is 0.146 e. The summed E-state index contributed by atoms with van der Waals surface area (Å²) in [4.78, 5) is 34.4. The van der Waals surface area contributed by atoms with Crippen molar-refractivity contribution in [3.63, 3.8) is 0 Å². The van der Waals surface area contributed by atoms with E-state index in [0.717, 1.165) is 12.8 Å². The normalized spacial score (nSPS) is 26.4. The molecular weight excluding hydrogens is 192 g/mol. The number of carbonyl (C=O) groups excluding carboxylic acids is 3. The van der Waals surface area contributed by atoms with Gasteiger partial charge in [-0.15, -0.1) is 0 Å². The molecule has 0 aliphatic heterocycles. The smallest absolute Gasteiger partial charge is 0.146 e. The van der Waals surface area contributed by atoms with Gasteiger partial charge < -0.3 is 4.79 Å². The van der Waals surface area contributed by atoms with E-state index in [2.05, 4.69) is 0 Å². The highest BCUT2D eigenvalue weighted by atomic mass is 16.2. The van der Waals surface area contributed by atoms with Gasteiger partial charge in [0.15, 0.2) is 0 Å². The summed E-state index contributed by atoms with van der Waals surface area (Å²) >= 11 is 0. The van der Waals surface area contributed by atoms with Gasteiger partial charge in [-0.3, -0.25) is 9.59 Å². The van der Waals surface area contributed by atoms with Crippen LogP contribution < -0.4 is 0 Å². The molecule has 1 saturated carbocycles. The number of Topliss-reactive ketones (excluding diaryl/α,β-unsaturated/α-hetero) is 3. The maximum absolute atomic E-state index is 11.8. The Hall–Kier alpha value is -0.990. The quantitative estimate of drug-likeness (QED) is 0.667. The van der Waals surface area contributed by atoms with Crippen LogP contribution in [0.1, 0.15) is 52.4 Å². The fourth-order valence-electron chi connectivity index (χ4n) is 2.29. The first kappa shape index (κ1) is 12.1. The lowest BCUT2D eigenvalue weighted by molar-refractivity contribution is -0.142. The molecule has 0 aromatic rings. The lowest BCUT2D eigenvalue weighted by Gasteiger charge is -2.33. The molecule has 1 atom stereocenters. The van der Waals surface area contributed by atoms with Gasteiger partial charge in [-0.1, -0.05) is 6.42 Å². The van der Waals surface area contributed by atoms with Crippen LogP contribution in [0, 0.1) is 5.41 Å². The molecule has 0 bridgehead atoms. The Morgan fingerprint density at radius 2 is 1.93 bits per heavy atom. The molecular formula is C12H18O3. The third-order valence-corrected chi connectivity index (χ3v) is 3.37. The van der Waals surface area contributed by atoms with Crippen LogP contribution in [0.3, 0.4) is 0 Å². The van der Waals surface area contributed by atoms with Gasteiger partial charge in [0.1, 0.15) is 17.3 Å². The van der Waals surface area contributed by atoms with Crippen LogP contribution in [-0.4, -0.2) is 17.3 Å². The topological polar surface area (TPSA) is 51.2 Å². The molecule has 3 nitrogen and oxygen atoms in total. The maximum atomic E-state index is 11.8. The van der Waals surface area contributed by atoms with E-state index in [1.165, 1.54) is 13.8 Å². The van der Waals surface area contributed by atoms with Gasteiger partial charge in [-0.25, -0.2) is 0 Å². The minimum absolute atomic E-state index is 0.0440. The molecule has 84 valence electrons. The number of hydrogen-bond donors (Lipinski definition) is 0. The van der Waals surface area contributed by atoms with Crippen molar-refractivity contribution >= 4 is 17.3 Å². The van der Waals surface area contributed by atoms with Gasteiger partial charge in [0.2, 0.25) is 0 Å². The Morgan fingerprint density at radius 3 is 2.40 bits per heavy atom. The Balaban J connectivity index is 2.81. The molecule has 1 rings (SSSR count). The van der Waals surface area contributed by atoms with Crippen LogP contribution in [0.5, 0.6) is 0 Å². The van der Waals surface area contributed by atoms with Gasteiger partial charge in [0.25, 0.3) is 0 Å². The Labute approximate surface area is 90.2 Å². The highest BCUT2D eigenvalue weighted by molar-refractivity contribution is 6.06. The average molecular weight is 210 g/mol. The van der Waals surface area contributed by atoms with Crippen LogP contribution in [0.4, 0.5) is 0 Å². The van der Waals surface area contributed by atoms with Gasteiger partial charge >= 0.3 is 0 Å². The number of hydrogen-bond acceptors (Lipinski definition) is 3. The Morgan fingerprint density at radius 1 is 1.27 bits per heavy atom. The monoisotopic (exact) mass is 210 g/mol. The molecule has 3 heteroatoms. The van der Waals surface area contributed by atoms with Crippen molar-refractivity contribution in [3.8, 4) is 0 Å². The van der Waals surface area contributed by atoms with Gasteiger partial charge in [-0.2, -0.15) is 0 Å². The van der Waals surface area contributed by atoms with Crippen LogP contribution in [-0.2, 0) is 14.4 Å². The molecule has 0 heterocycles. The first-order valence-corrected chi connectivity index (χ1v) is 5.53. The van der Waals surface area contributed by atoms with E-state index in [9.17, 15) is 14.4 Å². The first-order valence-electron chi connectivity index (χ1n) is 5.53. The van der Waals surface area contributed by atoms with Crippen molar-refractivity contribution < 1.29 is 14.4 Å². The van der Waals surface area contributed by atoms with Gasteiger partial charge in [0.05, 0.1) is 5.41 Å². The van der Waals surface area contributed by atoms with Crippen LogP contribution in [0.25, 0.3) is 0 Å².